The van der Waals surface area contributed by atoms with Crippen LogP contribution in [0.1, 0.15) is 18.4 Å². The number of benzene rings is 1. The molecule has 1 aromatic carbocycles. The average Bonchev–Trinajstić information content (AvgIpc) is 2.59. The second kappa shape index (κ2) is 11.4. The van der Waals surface area contributed by atoms with Gasteiger partial charge in [-0.3, -0.25) is 4.99 Å². The largest absolute Gasteiger partial charge is 0.381 e. The number of thioether (sulfide) groups is 1. The summed E-state index contributed by atoms with van der Waals surface area (Å²) >= 11 is 7.94. The predicted molar refractivity (Wildman–Crippen MR) is 116 cm³/mol. The van der Waals surface area contributed by atoms with E-state index in [-0.39, 0.29) is 28.7 Å². The van der Waals surface area contributed by atoms with Crippen molar-refractivity contribution >= 4 is 53.3 Å². The molecule has 1 saturated heterocycles. The molecule has 24 heavy (non-hydrogen) atoms. The number of nitrogens with zero attached hydrogens (tertiary/aromatic N) is 1. The van der Waals surface area contributed by atoms with Gasteiger partial charge in [0.25, 0.3) is 0 Å². The summed E-state index contributed by atoms with van der Waals surface area (Å²) in [6.45, 7) is 3.44. The molecule has 0 saturated carbocycles. The first-order valence-electron chi connectivity index (χ1n) is 7.99. The zero-order chi connectivity index (χ0) is 16.5. The smallest absolute Gasteiger partial charge is 0.191 e. The molecular weight excluding hydrogens is 457 g/mol. The van der Waals surface area contributed by atoms with Crippen LogP contribution in [-0.2, 0) is 11.2 Å². The van der Waals surface area contributed by atoms with Crippen molar-refractivity contribution in [1.29, 1.82) is 0 Å². The van der Waals surface area contributed by atoms with Crippen LogP contribution in [0.5, 0.6) is 0 Å². The molecular formula is C17H27ClIN3OS. The molecule has 2 N–H and O–H groups in total. The number of halogens is 2. The van der Waals surface area contributed by atoms with E-state index in [2.05, 4.69) is 27.9 Å². The SMILES string of the molecule is CN=C(NCCc1cccc(Cl)c1)NCC1(SC)CCOCC1.I. The van der Waals surface area contributed by atoms with Crippen LogP contribution in [0.15, 0.2) is 29.3 Å². The zero-order valence-electron chi connectivity index (χ0n) is 14.3. The molecule has 0 unspecified atom stereocenters. The molecule has 4 nitrogen and oxygen atoms in total. The van der Waals surface area contributed by atoms with Crippen LogP contribution < -0.4 is 10.6 Å². The molecule has 1 aromatic rings. The van der Waals surface area contributed by atoms with E-state index < -0.39 is 0 Å². The van der Waals surface area contributed by atoms with Crippen LogP contribution in [0.4, 0.5) is 0 Å². The fraction of sp³-hybridized carbons (Fsp3) is 0.588. The minimum Gasteiger partial charge on any atom is -0.381 e. The number of ether oxygens (including phenoxy) is 1. The summed E-state index contributed by atoms with van der Waals surface area (Å²) in [6, 6.07) is 7.98. The summed E-state index contributed by atoms with van der Waals surface area (Å²) in [4.78, 5) is 4.31. The van der Waals surface area contributed by atoms with Gasteiger partial charge in [-0.25, -0.2) is 0 Å². The minimum atomic E-state index is 0. The predicted octanol–water partition coefficient (Wildman–Crippen LogP) is 3.58. The maximum absolute atomic E-state index is 6.01. The molecule has 1 aliphatic rings. The normalized spacial score (nSPS) is 17.0. The van der Waals surface area contributed by atoms with Gasteiger partial charge in [0.1, 0.15) is 0 Å². The van der Waals surface area contributed by atoms with Crippen molar-refractivity contribution in [1.82, 2.24) is 10.6 Å². The lowest BCUT2D eigenvalue weighted by molar-refractivity contribution is 0.0783. The van der Waals surface area contributed by atoms with E-state index in [9.17, 15) is 0 Å². The second-order valence-corrected chi connectivity index (χ2v) is 7.44. The molecule has 0 bridgehead atoms. The molecule has 7 heteroatoms. The van der Waals surface area contributed by atoms with E-state index >= 15 is 0 Å². The number of guanidine groups is 1. The van der Waals surface area contributed by atoms with Crippen LogP contribution in [0, 0.1) is 0 Å². The third kappa shape index (κ3) is 6.98. The Morgan fingerprint density at radius 2 is 2.08 bits per heavy atom. The van der Waals surface area contributed by atoms with Gasteiger partial charge in [-0.15, -0.1) is 24.0 Å². The molecule has 0 amide bonds. The standard InChI is InChI=1S/C17H26ClN3OS.HI/c1-19-16(20-9-6-14-4-3-5-15(18)12-14)21-13-17(23-2)7-10-22-11-8-17;/h3-5,12H,6-11,13H2,1-2H3,(H2,19,20,21);1H. The van der Waals surface area contributed by atoms with Crippen LogP contribution in [-0.4, -0.2) is 50.3 Å². The summed E-state index contributed by atoms with van der Waals surface area (Å²) in [6.07, 6.45) is 5.27. The van der Waals surface area contributed by atoms with Gasteiger partial charge < -0.3 is 15.4 Å². The highest BCUT2D eigenvalue weighted by Gasteiger charge is 2.31. The molecule has 0 radical (unpaired) electrons. The second-order valence-electron chi connectivity index (χ2n) is 5.73. The summed E-state index contributed by atoms with van der Waals surface area (Å²) < 4.78 is 5.74. The van der Waals surface area contributed by atoms with Crippen LogP contribution >= 0.6 is 47.3 Å². The van der Waals surface area contributed by atoms with Crippen LogP contribution in [0.25, 0.3) is 0 Å². The highest BCUT2D eigenvalue weighted by atomic mass is 127. The Labute approximate surface area is 171 Å². The summed E-state index contributed by atoms with van der Waals surface area (Å²) in [7, 11) is 1.81. The maximum atomic E-state index is 6.01. The van der Waals surface area contributed by atoms with Gasteiger partial charge in [0, 0.05) is 43.1 Å². The highest BCUT2D eigenvalue weighted by molar-refractivity contribution is 14.0. The Bertz CT molecular complexity index is 524. The van der Waals surface area contributed by atoms with Crippen molar-refractivity contribution in [2.45, 2.75) is 24.0 Å². The molecule has 2 rings (SSSR count). The first-order chi connectivity index (χ1) is 11.2. The fourth-order valence-corrected chi connectivity index (χ4v) is 3.68. The van der Waals surface area contributed by atoms with Crippen LogP contribution in [0.3, 0.4) is 0 Å². The van der Waals surface area contributed by atoms with Crippen LogP contribution in [0.2, 0.25) is 5.02 Å². The topological polar surface area (TPSA) is 45.7 Å². The van der Waals surface area contributed by atoms with Crippen molar-refractivity contribution < 1.29 is 4.74 Å². The molecule has 0 aromatic heterocycles. The van der Waals surface area contributed by atoms with E-state index in [1.807, 2.05) is 37.0 Å². The van der Waals surface area contributed by atoms with Gasteiger partial charge in [0.15, 0.2) is 5.96 Å². The first kappa shape index (κ1) is 21.9. The summed E-state index contributed by atoms with van der Waals surface area (Å²) in [5.74, 6) is 0.854. The van der Waals surface area contributed by atoms with Gasteiger partial charge in [0.2, 0.25) is 0 Å². The Balaban J connectivity index is 0.00000288. The van der Waals surface area contributed by atoms with Gasteiger partial charge in [-0.05, 0) is 43.2 Å². The number of aliphatic imine (C=N–C) groups is 1. The molecule has 1 heterocycles. The molecule has 0 spiro atoms. The Morgan fingerprint density at radius 3 is 2.71 bits per heavy atom. The molecule has 0 aliphatic carbocycles. The monoisotopic (exact) mass is 483 g/mol. The third-order valence-electron chi connectivity index (χ3n) is 4.23. The van der Waals surface area contributed by atoms with Gasteiger partial charge >= 0.3 is 0 Å². The molecule has 1 fully saturated rings. The number of nitrogens with one attached hydrogen (secondary N) is 2. The van der Waals surface area contributed by atoms with Crippen molar-refractivity contribution in [3.8, 4) is 0 Å². The Kier molecular flexibility index (Phi) is 10.4. The summed E-state index contributed by atoms with van der Waals surface area (Å²) in [5, 5.41) is 7.62. The highest BCUT2D eigenvalue weighted by Crippen LogP contribution is 2.32. The van der Waals surface area contributed by atoms with Crippen molar-refractivity contribution in [2.75, 3.05) is 39.6 Å². The maximum Gasteiger partial charge on any atom is 0.191 e. The lowest BCUT2D eigenvalue weighted by atomic mass is 9.99. The Hall–Kier alpha value is -0.180. The minimum absolute atomic E-state index is 0. The summed E-state index contributed by atoms with van der Waals surface area (Å²) in [5.41, 5.74) is 1.23. The third-order valence-corrected chi connectivity index (χ3v) is 5.89. The van der Waals surface area contributed by atoms with Crippen molar-refractivity contribution in [2.24, 2.45) is 4.99 Å². The van der Waals surface area contributed by atoms with Gasteiger partial charge in [0.05, 0.1) is 0 Å². The average molecular weight is 484 g/mol. The lowest BCUT2D eigenvalue weighted by Crippen LogP contribution is -2.48. The number of hydrogen-bond donors (Lipinski definition) is 2. The fourth-order valence-electron chi connectivity index (χ4n) is 2.68. The molecule has 0 atom stereocenters. The van der Waals surface area contributed by atoms with E-state index in [4.69, 9.17) is 16.3 Å². The van der Waals surface area contributed by atoms with E-state index in [0.29, 0.717) is 0 Å². The first-order valence-corrected chi connectivity index (χ1v) is 9.59. The van der Waals surface area contributed by atoms with Gasteiger partial charge in [-0.1, -0.05) is 23.7 Å². The Morgan fingerprint density at radius 1 is 1.33 bits per heavy atom. The van der Waals surface area contributed by atoms with E-state index in [1.165, 1.54) is 5.56 Å². The molecule has 136 valence electrons. The lowest BCUT2D eigenvalue weighted by Gasteiger charge is -2.36. The van der Waals surface area contributed by atoms with Crippen molar-refractivity contribution in [3.05, 3.63) is 34.9 Å². The quantitative estimate of drug-likeness (QED) is 0.369. The van der Waals surface area contributed by atoms with E-state index in [1.54, 1.807) is 0 Å². The molecule has 1 aliphatic heterocycles. The van der Waals surface area contributed by atoms with E-state index in [0.717, 1.165) is 56.5 Å². The van der Waals surface area contributed by atoms with Crippen molar-refractivity contribution in [3.63, 3.8) is 0 Å². The number of hydrogen-bond acceptors (Lipinski definition) is 3. The zero-order valence-corrected chi connectivity index (χ0v) is 18.2. The number of rotatable bonds is 6. The van der Waals surface area contributed by atoms with Gasteiger partial charge in [-0.2, -0.15) is 11.8 Å².